The van der Waals surface area contributed by atoms with Crippen LogP contribution >= 0.6 is 11.6 Å². The molecule has 0 saturated carbocycles. The maximum Gasteiger partial charge on any atom is 0.340 e. The molecule has 0 spiro atoms. The van der Waals surface area contributed by atoms with E-state index < -0.39 is 30.3 Å². The van der Waals surface area contributed by atoms with Crippen molar-refractivity contribution in [3.05, 3.63) is 58.9 Å². The molecule has 2 rings (SSSR count). The summed E-state index contributed by atoms with van der Waals surface area (Å²) in [6, 6.07) is 9.31. The van der Waals surface area contributed by atoms with Crippen molar-refractivity contribution in [3.63, 3.8) is 0 Å². The fourth-order valence-corrected chi connectivity index (χ4v) is 2.35. The summed E-state index contributed by atoms with van der Waals surface area (Å²) in [6.45, 7) is 2.94. The number of rotatable bonds is 6. The quantitative estimate of drug-likeness (QED) is 0.634. The molecular weight excluding hydrogens is 389 g/mol. The second-order valence-corrected chi connectivity index (χ2v) is 6.48. The van der Waals surface area contributed by atoms with Gasteiger partial charge in [0.05, 0.1) is 16.9 Å². The number of carbonyl (C=O) groups is 3. The van der Waals surface area contributed by atoms with Crippen molar-refractivity contribution in [2.24, 2.45) is 0 Å². The highest BCUT2D eigenvalue weighted by Crippen LogP contribution is 2.20. The van der Waals surface area contributed by atoms with E-state index in [1.54, 1.807) is 26.0 Å². The zero-order chi connectivity index (χ0) is 20.7. The molecule has 0 bridgehead atoms. The molecular formula is C19H19ClFN3O4. The summed E-state index contributed by atoms with van der Waals surface area (Å²) in [5.74, 6) is -2.23. The summed E-state index contributed by atoms with van der Waals surface area (Å²) in [4.78, 5) is 36.0. The van der Waals surface area contributed by atoms with E-state index in [0.29, 0.717) is 0 Å². The molecule has 9 heteroatoms. The molecule has 0 aliphatic rings. The molecule has 3 N–H and O–H groups in total. The summed E-state index contributed by atoms with van der Waals surface area (Å²) in [5, 5.41) is 7.70. The first-order valence-electron chi connectivity index (χ1n) is 8.35. The van der Waals surface area contributed by atoms with Crippen LogP contribution in [0.3, 0.4) is 0 Å². The van der Waals surface area contributed by atoms with Gasteiger partial charge in [0, 0.05) is 11.1 Å². The minimum atomic E-state index is -0.817. The van der Waals surface area contributed by atoms with Gasteiger partial charge in [-0.25, -0.2) is 14.0 Å². The van der Waals surface area contributed by atoms with Gasteiger partial charge >= 0.3 is 12.0 Å². The number of hydrogen-bond donors (Lipinski definition) is 3. The molecule has 0 heterocycles. The summed E-state index contributed by atoms with van der Waals surface area (Å²) >= 11 is 5.76. The Kier molecular flexibility index (Phi) is 7.34. The summed E-state index contributed by atoms with van der Waals surface area (Å²) in [6.07, 6.45) is 0. The Hall–Kier alpha value is -3.13. The van der Waals surface area contributed by atoms with E-state index in [2.05, 4.69) is 16.0 Å². The van der Waals surface area contributed by atoms with E-state index in [-0.39, 0.29) is 28.0 Å². The van der Waals surface area contributed by atoms with Crippen LogP contribution in [0.2, 0.25) is 5.02 Å². The van der Waals surface area contributed by atoms with Gasteiger partial charge in [-0.3, -0.25) is 4.79 Å². The highest BCUT2D eigenvalue weighted by atomic mass is 35.5. The number of benzene rings is 2. The summed E-state index contributed by atoms with van der Waals surface area (Å²) < 4.78 is 18.6. The van der Waals surface area contributed by atoms with Gasteiger partial charge in [0.1, 0.15) is 5.82 Å². The molecule has 0 saturated heterocycles. The molecule has 148 valence electrons. The van der Waals surface area contributed by atoms with E-state index in [9.17, 15) is 18.8 Å². The highest BCUT2D eigenvalue weighted by molar-refractivity contribution is 6.30. The minimum absolute atomic E-state index is 0.0724. The second kappa shape index (κ2) is 9.70. The van der Waals surface area contributed by atoms with Gasteiger partial charge < -0.3 is 20.7 Å². The van der Waals surface area contributed by atoms with E-state index in [4.69, 9.17) is 16.3 Å². The van der Waals surface area contributed by atoms with Gasteiger partial charge in [0.2, 0.25) is 0 Å². The maximum atomic E-state index is 13.6. The first-order valence-corrected chi connectivity index (χ1v) is 8.72. The van der Waals surface area contributed by atoms with Crippen molar-refractivity contribution in [1.82, 2.24) is 5.32 Å². The largest absolute Gasteiger partial charge is 0.452 e. The maximum absolute atomic E-state index is 13.6. The van der Waals surface area contributed by atoms with Crippen LogP contribution in [0.4, 0.5) is 20.6 Å². The van der Waals surface area contributed by atoms with Crippen LogP contribution in [0.25, 0.3) is 0 Å². The van der Waals surface area contributed by atoms with Crippen LogP contribution in [0.1, 0.15) is 24.2 Å². The van der Waals surface area contributed by atoms with Gasteiger partial charge in [-0.05, 0) is 44.2 Å². The first kappa shape index (κ1) is 21.2. The number of ether oxygens (including phenoxy) is 1. The molecule has 0 aliphatic carbocycles. The standard InChI is InChI=1S/C19H19ClFN3O4/c1-11(2)22-19(27)24-15-6-4-3-5-13(15)18(26)28-10-17(25)23-16-9-12(20)7-8-14(16)21/h3-9,11H,10H2,1-2H3,(H,23,25)(H2,22,24,27). The van der Waals surface area contributed by atoms with Crippen molar-refractivity contribution in [1.29, 1.82) is 0 Å². The Morgan fingerprint density at radius 1 is 1.07 bits per heavy atom. The number of amides is 3. The molecule has 2 aromatic carbocycles. The second-order valence-electron chi connectivity index (χ2n) is 6.05. The first-order chi connectivity index (χ1) is 13.3. The Bertz CT molecular complexity index is 889. The van der Waals surface area contributed by atoms with E-state index in [1.165, 1.54) is 24.3 Å². The monoisotopic (exact) mass is 407 g/mol. The summed E-state index contributed by atoms with van der Waals surface area (Å²) in [7, 11) is 0. The average Bonchev–Trinajstić information content (AvgIpc) is 2.62. The molecule has 0 atom stereocenters. The number of halogens is 2. The smallest absolute Gasteiger partial charge is 0.340 e. The zero-order valence-corrected chi connectivity index (χ0v) is 16.0. The number of anilines is 2. The molecule has 3 amide bonds. The van der Waals surface area contributed by atoms with Crippen molar-refractivity contribution in [3.8, 4) is 0 Å². The predicted octanol–water partition coefficient (Wildman–Crippen LogP) is 3.80. The Morgan fingerprint density at radius 3 is 2.50 bits per heavy atom. The number of nitrogens with one attached hydrogen (secondary N) is 3. The van der Waals surface area contributed by atoms with Crippen LogP contribution < -0.4 is 16.0 Å². The van der Waals surface area contributed by atoms with Crippen LogP contribution in [-0.2, 0) is 9.53 Å². The lowest BCUT2D eigenvalue weighted by Gasteiger charge is -2.13. The summed E-state index contributed by atoms with van der Waals surface area (Å²) in [5.41, 5.74) is 0.177. The zero-order valence-electron chi connectivity index (χ0n) is 15.2. The third-order valence-corrected chi connectivity index (χ3v) is 3.59. The number of hydrogen-bond acceptors (Lipinski definition) is 4. The van der Waals surface area contributed by atoms with Crippen molar-refractivity contribution >= 4 is 40.9 Å². The fraction of sp³-hybridized carbons (Fsp3) is 0.211. The minimum Gasteiger partial charge on any atom is -0.452 e. The van der Waals surface area contributed by atoms with Crippen LogP contribution in [0.15, 0.2) is 42.5 Å². The Morgan fingerprint density at radius 2 is 1.79 bits per heavy atom. The van der Waals surface area contributed by atoms with Crippen LogP contribution in [0.5, 0.6) is 0 Å². The van der Waals surface area contributed by atoms with E-state index in [1.807, 2.05) is 0 Å². The topological polar surface area (TPSA) is 96.5 Å². The number of urea groups is 1. The molecule has 0 unspecified atom stereocenters. The average molecular weight is 408 g/mol. The van der Waals surface area contributed by atoms with Gasteiger partial charge in [0.25, 0.3) is 5.91 Å². The molecule has 2 aromatic rings. The number of esters is 1. The van der Waals surface area contributed by atoms with Gasteiger partial charge in [-0.15, -0.1) is 0 Å². The van der Waals surface area contributed by atoms with Crippen molar-refractivity contribution < 1.29 is 23.5 Å². The fourth-order valence-electron chi connectivity index (χ4n) is 2.18. The normalized spacial score (nSPS) is 10.3. The third kappa shape index (κ3) is 6.24. The molecule has 28 heavy (non-hydrogen) atoms. The predicted molar refractivity (Wildman–Crippen MR) is 104 cm³/mol. The number of para-hydroxylation sites is 1. The molecule has 0 aliphatic heterocycles. The lowest BCUT2D eigenvalue weighted by atomic mass is 10.2. The Labute approximate surface area is 166 Å². The van der Waals surface area contributed by atoms with Crippen molar-refractivity contribution in [2.45, 2.75) is 19.9 Å². The van der Waals surface area contributed by atoms with Gasteiger partial charge in [-0.1, -0.05) is 23.7 Å². The van der Waals surface area contributed by atoms with Crippen molar-refractivity contribution in [2.75, 3.05) is 17.2 Å². The van der Waals surface area contributed by atoms with Gasteiger partial charge in [0.15, 0.2) is 6.61 Å². The molecule has 0 radical (unpaired) electrons. The molecule has 7 nitrogen and oxygen atoms in total. The van der Waals surface area contributed by atoms with E-state index >= 15 is 0 Å². The Balaban J connectivity index is 1.98. The lowest BCUT2D eigenvalue weighted by molar-refractivity contribution is -0.119. The van der Waals surface area contributed by atoms with Crippen LogP contribution in [0, 0.1) is 5.82 Å². The lowest BCUT2D eigenvalue weighted by Crippen LogP contribution is -2.34. The van der Waals surface area contributed by atoms with Crippen LogP contribution in [-0.4, -0.2) is 30.6 Å². The van der Waals surface area contributed by atoms with Gasteiger partial charge in [-0.2, -0.15) is 0 Å². The highest BCUT2D eigenvalue weighted by Gasteiger charge is 2.16. The molecule has 0 aromatic heterocycles. The molecule has 0 fully saturated rings. The van der Waals surface area contributed by atoms with E-state index in [0.717, 1.165) is 6.07 Å². The number of carbonyl (C=O) groups excluding carboxylic acids is 3. The third-order valence-electron chi connectivity index (χ3n) is 3.35. The SMILES string of the molecule is CC(C)NC(=O)Nc1ccccc1C(=O)OCC(=O)Nc1cc(Cl)ccc1F.